The Labute approximate surface area is 156 Å². The lowest BCUT2D eigenvalue weighted by Crippen LogP contribution is -2.42. The van der Waals surface area contributed by atoms with Crippen LogP contribution in [0.5, 0.6) is 0 Å². The fourth-order valence-corrected chi connectivity index (χ4v) is 3.67. The van der Waals surface area contributed by atoms with Gasteiger partial charge in [0.1, 0.15) is 0 Å². The molecule has 1 saturated heterocycles. The molecule has 4 rings (SSSR count). The number of nitrogens with zero attached hydrogens (tertiary/aromatic N) is 7. The Morgan fingerprint density at radius 3 is 2.52 bits per heavy atom. The van der Waals surface area contributed by atoms with Crippen molar-refractivity contribution < 1.29 is 4.74 Å². The molecule has 4 heterocycles. The van der Waals surface area contributed by atoms with Crippen LogP contribution in [0.4, 0.5) is 5.95 Å². The third-order valence-electron chi connectivity index (χ3n) is 5.51. The molecule has 0 unspecified atom stereocenters. The molecule has 0 saturated carbocycles. The van der Waals surface area contributed by atoms with Crippen molar-refractivity contribution in [1.82, 2.24) is 23.6 Å². The topological polar surface area (TPSA) is 89.9 Å². The molecule has 2 aromatic heterocycles. The maximum absolute atomic E-state index is 12.8. The van der Waals surface area contributed by atoms with Crippen LogP contribution in [0.25, 0.3) is 11.2 Å². The second-order valence-corrected chi connectivity index (χ2v) is 7.15. The lowest BCUT2D eigenvalue weighted by Gasteiger charge is -2.32. The zero-order chi connectivity index (χ0) is 19.3. The minimum Gasteiger partial charge on any atom is -0.379 e. The van der Waals surface area contributed by atoms with Gasteiger partial charge in [0.2, 0.25) is 5.95 Å². The van der Waals surface area contributed by atoms with Crippen molar-refractivity contribution in [2.24, 2.45) is 19.2 Å². The average Bonchev–Trinajstić information content (AvgIpc) is 3.08. The smallest absolute Gasteiger partial charge is 0.332 e. The molecular formula is C17H25N7O3. The number of morpholine rings is 1. The number of hydrazone groups is 1. The van der Waals surface area contributed by atoms with Crippen LogP contribution in [-0.4, -0.2) is 68.7 Å². The summed E-state index contributed by atoms with van der Waals surface area (Å²) in [5.41, 5.74) is 1.02. The third-order valence-corrected chi connectivity index (χ3v) is 5.51. The second-order valence-electron chi connectivity index (χ2n) is 7.15. The summed E-state index contributed by atoms with van der Waals surface area (Å²) in [7, 11) is 3.13. The van der Waals surface area contributed by atoms with E-state index in [1.54, 1.807) is 7.05 Å². The number of aromatic nitrogens is 4. The molecule has 2 aliphatic rings. The SMILES string of the molecule is CC1=NN(CCN2CCOCC2)c2nc3c(c(=O)n(C)c(=O)n3C)n2[C@H]1C. The summed E-state index contributed by atoms with van der Waals surface area (Å²) in [6.07, 6.45) is 0. The van der Waals surface area contributed by atoms with Crippen LogP contribution < -0.4 is 16.3 Å². The van der Waals surface area contributed by atoms with Crippen LogP contribution in [0.15, 0.2) is 14.7 Å². The predicted octanol–water partition coefficient (Wildman–Crippen LogP) is -0.477. The summed E-state index contributed by atoms with van der Waals surface area (Å²) in [6, 6.07) is -0.102. The van der Waals surface area contributed by atoms with Crippen molar-refractivity contribution in [1.29, 1.82) is 0 Å². The summed E-state index contributed by atoms with van der Waals surface area (Å²) >= 11 is 0. The van der Waals surface area contributed by atoms with E-state index in [0.29, 0.717) is 23.7 Å². The number of hydrogen-bond acceptors (Lipinski definition) is 7. The van der Waals surface area contributed by atoms with Crippen LogP contribution in [-0.2, 0) is 18.8 Å². The maximum Gasteiger partial charge on any atom is 0.332 e. The van der Waals surface area contributed by atoms with E-state index < -0.39 is 0 Å². The molecule has 2 aliphatic heterocycles. The fraction of sp³-hybridized carbons (Fsp3) is 0.647. The van der Waals surface area contributed by atoms with Gasteiger partial charge in [0.05, 0.1) is 31.5 Å². The lowest BCUT2D eigenvalue weighted by molar-refractivity contribution is 0.0391. The van der Waals surface area contributed by atoms with Crippen LogP contribution in [0.2, 0.25) is 0 Å². The van der Waals surface area contributed by atoms with Crippen molar-refractivity contribution >= 4 is 22.8 Å². The van der Waals surface area contributed by atoms with Gasteiger partial charge >= 0.3 is 5.69 Å². The molecule has 0 N–H and O–H groups in total. The van der Waals surface area contributed by atoms with Gasteiger partial charge in [-0.15, -0.1) is 0 Å². The molecule has 0 aromatic carbocycles. The Bertz CT molecular complexity index is 1030. The van der Waals surface area contributed by atoms with E-state index in [2.05, 4.69) is 9.88 Å². The normalized spacial score (nSPS) is 20.8. The van der Waals surface area contributed by atoms with E-state index >= 15 is 0 Å². The molecule has 0 amide bonds. The van der Waals surface area contributed by atoms with Crippen LogP contribution in [0.3, 0.4) is 0 Å². The van der Waals surface area contributed by atoms with E-state index in [0.717, 1.165) is 43.1 Å². The first-order valence-corrected chi connectivity index (χ1v) is 9.21. The zero-order valence-electron chi connectivity index (χ0n) is 16.2. The third kappa shape index (κ3) is 2.79. The van der Waals surface area contributed by atoms with Crippen molar-refractivity contribution in [2.75, 3.05) is 44.4 Å². The largest absolute Gasteiger partial charge is 0.379 e. The first-order chi connectivity index (χ1) is 12.9. The maximum atomic E-state index is 12.8. The van der Waals surface area contributed by atoms with E-state index in [9.17, 15) is 9.59 Å². The Morgan fingerprint density at radius 2 is 1.81 bits per heavy atom. The number of imidazole rings is 1. The molecule has 1 atom stereocenters. The van der Waals surface area contributed by atoms with Crippen LogP contribution in [0, 0.1) is 0 Å². The molecule has 146 valence electrons. The molecule has 2 aromatic rings. The van der Waals surface area contributed by atoms with E-state index in [4.69, 9.17) is 9.84 Å². The molecular weight excluding hydrogens is 350 g/mol. The molecule has 0 aliphatic carbocycles. The zero-order valence-corrected chi connectivity index (χ0v) is 16.2. The Morgan fingerprint density at radius 1 is 1.11 bits per heavy atom. The minimum atomic E-state index is -0.381. The van der Waals surface area contributed by atoms with Crippen LogP contribution >= 0.6 is 0 Å². The number of aryl methyl sites for hydroxylation is 1. The summed E-state index contributed by atoms with van der Waals surface area (Å²) in [5, 5.41) is 6.54. The Kier molecular flexibility index (Phi) is 4.39. The first kappa shape index (κ1) is 17.9. The van der Waals surface area contributed by atoms with Gasteiger partial charge in [0, 0.05) is 33.7 Å². The van der Waals surface area contributed by atoms with Crippen molar-refractivity contribution in [3.05, 3.63) is 20.8 Å². The van der Waals surface area contributed by atoms with Crippen molar-refractivity contribution in [2.45, 2.75) is 19.9 Å². The van der Waals surface area contributed by atoms with E-state index in [1.807, 2.05) is 23.4 Å². The van der Waals surface area contributed by atoms with Gasteiger partial charge in [0.25, 0.3) is 5.56 Å². The summed E-state index contributed by atoms with van der Waals surface area (Å²) < 4.78 is 9.85. The van der Waals surface area contributed by atoms with E-state index in [-0.39, 0.29) is 17.3 Å². The quantitative estimate of drug-likeness (QED) is 0.720. The second kappa shape index (κ2) is 6.61. The van der Waals surface area contributed by atoms with Gasteiger partial charge in [-0.1, -0.05) is 0 Å². The van der Waals surface area contributed by atoms with E-state index in [1.165, 1.54) is 11.6 Å². The van der Waals surface area contributed by atoms with Gasteiger partial charge in [-0.05, 0) is 13.8 Å². The molecule has 0 spiro atoms. The number of rotatable bonds is 3. The minimum absolute atomic E-state index is 0.102. The molecule has 10 nitrogen and oxygen atoms in total. The average molecular weight is 375 g/mol. The van der Waals surface area contributed by atoms with Gasteiger partial charge in [0.15, 0.2) is 11.2 Å². The number of anilines is 1. The summed E-state index contributed by atoms with van der Waals surface area (Å²) in [4.78, 5) is 32.1. The molecule has 27 heavy (non-hydrogen) atoms. The summed E-state index contributed by atoms with van der Waals surface area (Å²) in [6.45, 7) is 8.72. The lowest BCUT2D eigenvalue weighted by atomic mass is 10.2. The van der Waals surface area contributed by atoms with Crippen molar-refractivity contribution in [3.63, 3.8) is 0 Å². The highest BCUT2D eigenvalue weighted by Crippen LogP contribution is 2.29. The molecule has 0 radical (unpaired) electrons. The van der Waals surface area contributed by atoms with Gasteiger partial charge in [-0.25, -0.2) is 9.80 Å². The number of hydrogen-bond donors (Lipinski definition) is 0. The molecule has 0 bridgehead atoms. The monoisotopic (exact) mass is 375 g/mol. The molecule has 10 heteroatoms. The highest BCUT2D eigenvalue weighted by atomic mass is 16.5. The number of ether oxygens (including phenoxy) is 1. The number of fused-ring (bicyclic) bond motifs is 3. The highest BCUT2D eigenvalue weighted by molar-refractivity contribution is 5.91. The standard InChI is InChI=1S/C17H25N7O3/c1-11-12(2)24-13-14(20(3)17(26)21(4)15(13)25)18-16(24)23(19-11)6-5-22-7-9-27-10-8-22/h12H,5-10H2,1-4H3/t12-/m0/s1. The van der Waals surface area contributed by atoms with Gasteiger partial charge in [-0.3, -0.25) is 23.4 Å². The first-order valence-electron chi connectivity index (χ1n) is 9.21. The predicted molar refractivity (Wildman–Crippen MR) is 103 cm³/mol. The van der Waals surface area contributed by atoms with Crippen molar-refractivity contribution in [3.8, 4) is 0 Å². The summed E-state index contributed by atoms with van der Waals surface area (Å²) in [5.74, 6) is 0.606. The highest BCUT2D eigenvalue weighted by Gasteiger charge is 2.30. The molecule has 1 fully saturated rings. The Balaban J connectivity index is 1.79. The van der Waals surface area contributed by atoms with Gasteiger partial charge < -0.3 is 4.74 Å². The Hall–Kier alpha value is -2.46. The van der Waals surface area contributed by atoms with Crippen LogP contribution in [0.1, 0.15) is 19.9 Å². The fourth-order valence-electron chi connectivity index (χ4n) is 3.67. The van der Waals surface area contributed by atoms with Gasteiger partial charge in [-0.2, -0.15) is 10.1 Å².